The van der Waals surface area contributed by atoms with Crippen LogP contribution in [0.4, 0.5) is 0 Å². The Hall–Kier alpha value is -0.420. The molecule has 2 N–H and O–H groups in total. The highest BCUT2D eigenvalue weighted by atomic mass is 32.1. The molecular formula is C11H19NO2S. The second-order valence-electron chi connectivity index (χ2n) is 3.23. The summed E-state index contributed by atoms with van der Waals surface area (Å²) < 4.78 is 10.9. The van der Waals surface area contributed by atoms with Gasteiger partial charge in [-0.2, -0.15) is 0 Å². The van der Waals surface area contributed by atoms with Gasteiger partial charge in [-0.15, -0.1) is 11.3 Å². The van der Waals surface area contributed by atoms with Crippen LogP contribution in [0.2, 0.25) is 0 Å². The summed E-state index contributed by atoms with van der Waals surface area (Å²) in [6.45, 7) is 5.15. The fourth-order valence-electron chi connectivity index (χ4n) is 1.38. The minimum atomic E-state index is -0.290. The molecule has 0 spiro atoms. The fourth-order valence-corrected chi connectivity index (χ4v) is 2.16. The lowest BCUT2D eigenvalue weighted by Crippen LogP contribution is -2.40. The molecule has 0 amide bonds. The van der Waals surface area contributed by atoms with Gasteiger partial charge in [0.2, 0.25) is 0 Å². The molecule has 1 unspecified atom stereocenters. The quantitative estimate of drug-likeness (QED) is 0.727. The summed E-state index contributed by atoms with van der Waals surface area (Å²) in [5, 5.41) is 2.05. The maximum absolute atomic E-state index is 6.04. The van der Waals surface area contributed by atoms with Crippen molar-refractivity contribution < 1.29 is 9.47 Å². The van der Waals surface area contributed by atoms with Crippen molar-refractivity contribution in [1.29, 1.82) is 0 Å². The maximum Gasteiger partial charge on any atom is 0.172 e. The third-order valence-electron chi connectivity index (χ3n) is 2.03. The molecule has 1 rings (SSSR count). The third kappa shape index (κ3) is 4.30. The topological polar surface area (TPSA) is 44.5 Å². The van der Waals surface area contributed by atoms with Crippen molar-refractivity contribution in [3.63, 3.8) is 0 Å². The lowest BCUT2D eigenvalue weighted by Gasteiger charge is -2.22. The molecule has 0 bridgehead atoms. The Balaban J connectivity index is 2.44. The first-order valence-corrected chi connectivity index (χ1v) is 6.17. The zero-order valence-corrected chi connectivity index (χ0v) is 10.1. The van der Waals surface area contributed by atoms with E-state index in [0.29, 0.717) is 13.2 Å². The first-order valence-electron chi connectivity index (χ1n) is 5.29. The van der Waals surface area contributed by atoms with E-state index in [2.05, 4.69) is 11.4 Å². The van der Waals surface area contributed by atoms with E-state index in [4.69, 9.17) is 15.2 Å². The predicted octanol–water partition coefficient (Wildman–Crippen LogP) is 2.02. The molecule has 1 aromatic heterocycles. The number of ether oxygens (including phenoxy) is 2. The molecule has 0 saturated heterocycles. The lowest BCUT2D eigenvalue weighted by atomic mass is 10.2. The maximum atomic E-state index is 6.04. The summed E-state index contributed by atoms with van der Waals surface area (Å²) >= 11 is 1.71. The Labute approximate surface area is 95.2 Å². The zero-order chi connectivity index (χ0) is 11.1. The van der Waals surface area contributed by atoms with Crippen LogP contribution in [0.5, 0.6) is 0 Å². The number of hydrogen-bond acceptors (Lipinski definition) is 4. The average molecular weight is 229 g/mol. The molecule has 0 saturated carbocycles. The molecule has 15 heavy (non-hydrogen) atoms. The second kappa shape index (κ2) is 6.95. The first-order chi connectivity index (χ1) is 7.27. The molecule has 1 atom stereocenters. The summed E-state index contributed by atoms with van der Waals surface area (Å²) in [4.78, 5) is 1.27. The van der Waals surface area contributed by atoms with Crippen LogP contribution in [0.25, 0.3) is 0 Å². The summed E-state index contributed by atoms with van der Waals surface area (Å²) in [5.41, 5.74) is 6.04. The minimum absolute atomic E-state index is 0.0939. The molecule has 0 aliphatic carbocycles. The molecule has 0 radical (unpaired) electrons. The Morgan fingerprint density at radius 2 is 2.00 bits per heavy atom. The first kappa shape index (κ1) is 12.6. The van der Waals surface area contributed by atoms with Gasteiger partial charge in [0.1, 0.15) is 0 Å². The van der Waals surface area contributed by atoms with Crippen molar-refractivity contribution in [1.82, 2.24) is 0 Å². The van der Waals surface area contributed by atoms with Crippen LogP contribution < -0.4 is 5.73 Å². The Kier molecular flexibility index (Phi) is 5.86. The molecule has 86 valence electrons. The molecule has 0 fully saturated rings. The van der Waals surface area contributed by atoms with Gasteiger partial charge in [-0.1, -0.05) is 6.07 Å². The van der Waals surface area contributed by atoms with Crippen molar-refractivity contribution >= 4 is 11.3 Å². The summed E-state index contributed by atoms with van der Waals surface area (Å²) in [5.74, 6) is 0. The SMILES string of the molecule is CCOC(OCC)C(N)Cc1cccs1. The van der Waals surface area contributed by atoms with Crippen LogP contribution in [0.1, 0.15) is 18.7 Å². The van der Waals surface area contributed by atoms with E-state index in [-0.39, 0.29) is 12.3 Å². The molecule has 3 nitrogen and oxygen atoms in total. The van der Waals surface area contributed by atoms with Crippen LogP contribution in [0.3, 0.4) is 0 Å². The van der Waals surface area contributed by atoms with Gasteiger partial charge < -0.3 is 15.2 Å². The molecular weight excluding hydrogens is 210 g/mol. The number of thiophene rings is 1. The molecule has 0 aliphatic heterocycles. The highest BCUT2D eigenvalue weighted by molar-refractivity contribution is 7.09. The van der Waals surface area contributed by atoms with E-state index in [1.54, 1.807) is 11.3 Å². The van der Waals surface area contributed by atoms with E-state index < -0.39 is 0 Å². The number of hydrogen-bond donors (Lipinski definition) is 1. The van der Waals surface area contributed by atoms with Crippen molar-refractivity contribution in [2.75, 3.05) is 13.2 Å². The van der Waals surface area contributed by atoms with Crippen molar-refractivity contribution in [3.05, 3.63) is 22.4 Å². The van der Waals surface area contributed by atoms with Gasteiger partial charge in [0, 0.05) is 24.5 Å². The fraction of sp³-hybridized carbons (Fsp3) is 0.636. The van der Waals surface area contributed by atoms with E-state index in [1.165, 1.54) is 4.88 Å². The van der Waals surface area contributed by atoms with Crippen LogP contribution >= 0.6 is 11.3 Å². The molecule has 4 heteroatoms. The Bertz CT molecular complexity index is 245. The van der Waals surface area contributed by atoms with Gasteiger partial charge in [0.05, 0.1) is 6.04 Å². The predicted molar refractivity (Wildman–Crippen MR) is 63.0 cm³/mol. The van der Waals surface area contributed by atoms with Crippen LogP contribution in [-0.4, -0.2) is 25.5 Å². The standard InChI is InChI=1S/C11H19NO2S/c1-3-13-11(14-4-2)10(12)8-9-6-5-7-15-9/h5-7,10-11H,3-4,8,12H2,1-2H3. The molecule has 1 heterocycles. The van der Waals surface area contributed by atoms with Gasteiger partial charge in [0.25, 0.3) is 0 Å². The van der Waals surface area contributed by atoms with Crippen LogP contribution in [0.15, 0.2) is 17.5 Å². The summed E-state index contributed by atoms with van der Waals surface area (Å²) in [6, 6.07) is 4.02. The van der Waals surface area contributed by atoms with E-state index >= 15 is 0 Å². The smallest absolute Gasteiger partial charge is 0.172 e. The number of rotatable bonds is 7. The van der Waals surface area contributed by atoms with Crippen molar-refractivity contribution in [2.45, 2.75) is 32.6 Å². The van der Waals surface area contributed by atoms with E-state index in [0.717, 1.165) is 6.42 Å². The largest absolute Gasteiger partial charge is 0.351 e. The summed E-state index contributed by atoms with van der Waals surface area (Å²) in [7, 11) is 0. The second-order valence-corrected chi connectivity index (χ2v) is 4.26. The minimum Gasteiger partial charge on any atom is -0.351 e. The van der Waals surface area contributed by atoms with Gasteiger partial charge >= 0.3 is 0 Å². The van der Waals surface area contributed by atoms with Crippen LogP contribution in [-0.2, 0) is 15.9 Å². The van der Waals surface area contributed by atoms with Gasteiger partial charge in [0.15, 0.2) is 6.29 Å². The highest BCUT2D eigenvalue weighted by Gasteiger charge is 2.18. The van der Waals surface area contributed by atoms with Crippen molar-refractivity contribution in [3.8, 4) is 0 Å². The van der Waals surface area contributed by atoms with Crippen LogP contribution in [0, 0.1) is 0 Å². The summed E-state index contributed by atoms with van der Waals surface area (Å²) in [6.07, 6.45) is 0.518. The number of nitrogens with two attached hydrogens (primary N) is 1. The van der Waals surface area contributed by atoms with E-state index in [1.807, 2.05) is 19.9 Å². The monoisotopic (exact) mass is 229 g/mol. The zero-order valence-electron chi connectivity index (χ0n) is 9.31. The molecule has 1 aromatic rings. The van der Waals surface area contributed by atoms with Gasteiger partial charge in [-0.3, -0.25) is 0 Å². The molecule has 0 aliphatic rings. The lowest BCUT2D eigenvalue weighted by molar-refractivity contribution is -0.147. The van der Waals surface area contributed by atoms with Gasteiger partial charge in [-0.25, -0.2) is 0 Å². The average Bonchev–Trinajstić information content (AvgIpc) is 2.70. The van der Waals surface area contributed by atoms with E-state index in [9.17, 15) is 0 Å². The molecule has 0 aromatic carbocycles. The van der Waals surface area contributed by atoms with Gasteiger partial charge in [-0.05, 0) is 25.3 Å². The highest BCUT2D eigenvalue weighted by Crippen LogP contribution is 2.13. The Morgan fingerprint density at radius 3 is 2.47 bits per heavy atom. The Morgan fingerprint density at radius 1 is 1.33 bits per heavy atom. The normalized spacial score (nSPS) is 13.3. The van der Waals surface area contributed by atoms with Crippen molar-refractivity contribution in [2.24, 2.45) is 5.73 Å². The third-order valence-corrected chi connectivity index (χ3v) is 2.93.